The molecule has 1 atom stereocenters. The number of hydrogen-bond donors (Lipinski definition) is 0. The Hall–Kier alpha value is -2.94. The lowest BCUT2D eigenvalue weighted by molar-refractivity contribution is -0.146. The van der Waals surface area contributed by atoms with Crippen LogP contribution in [0.2, 0.25) is 0 Å². The van der Waals surface area contributed by atoms with Gasteiger partial charge in [-0.2, -0.15) is 0 Å². The van der Waals surface area contributed by atoms with Crippen LogP contribution in [0.3, 0.4) is 0 Å². The molecule has 0 saturated heterocycles. The average molecular weight is 414 g/mol. The van der Waals surface area contributed by atoms with Gasteiger partial charge in [0.25, 0.3) is 5.56 Å². The summed E-state index contributed by atoms with van der Waals surface area (Å²) in [5.74, 6) is -0.807. The van der Waals surface area contributed by atoms with Crippen LogP contribution < -0.4 is 5.56 Å². The van der Waals surface area contributed by atoms with Gasteiger partial charge in [-0.15, -0.1) is 0 Å². The first-order chi connectivity index (χ1) is 14.0. The molecule has 3 aromatic rings. The number of rotatable bonds is 4. The highest BCUT2D eigenvalue weighted by Crippen LogP contribution is 2.35. The van der Waals surface area contributed by atoms with Crippen molar-refractivity contribution in [3.8, 4) is 22.5 Å². The van der Waals surface area contributed by atoms with E-state index in [9.17, 15) is 14.0 Å². The minimum Gasteiger partial charge on any atom is -0.467 e. The summed E-state index contributed by atoms with van der Waals surface area (Å²) in [4.78, 5) is 34.6. The van der Waals surface area contributed by atoms with Gasteiger partial charge in [0, 0.05) is 12.7 Å². The summed E-state index contributed by atoms with van der Waals surface area (Å²) >= 11 is 1.38. The molecular formula is C20H19FN4O3S. The first-order valence-electron chi connectivity index (χ1n) is 9.11. The molecule has 2 aromatic heterocycles. The summed E-state index contributed by atoms with van der Waals surface area (Å²) in [7, 11) is 1.33. The van der Waals surface area contributed by atoms with Crippen molar-refractivity contribution in [1.82, 2.24) is 19.3 Å². The number of fused-ring (bicyclic) bond motifs is 1. The van der Waals surface area contributed by atoms with Gasteiger partial charge in [0.1, 0.15) is 11.9 Å². The third kappa shape index (κ3) is 3.35. The normalized spacial score (nSPS) is 15.8. The fourth-order valence-electron chi connectivity index (χ4n) is 3.70. The Balaban J connectivity index is 2.05. The number of benzene rings is 1. The quantitative estimate of drug-likeness (QED) is 0.371. The summed E-state index contributed by atoms with van der Waals surface area (Å²) in [6.45, 7) is 0.473. The van der Waals surface area contributed by atoms with E-state index in [4.69, 9.17) is 4.74 Å². The summed E-state index contributed by atoms with van der Waals surface area (Å²) in [5.41, 5.74) is 1.73. The molecule has 0 fully saturated rings. The Morgan fingerprint density at radius 3 is 2.72 bits per heavy atom. The van der Waals surface area contributed by atoms with Crippen LogP contribution in [0.4, 0.5) is 4.39 Å². The minimum atomic E-state index is -0.640. The molecule has 0 aliphatic carbocycles. The van der Waals surface area contributed by atoms with Gasteiger partial charge in [-0.05, 0) is 42.9 Å². The molecule has 0 amide bonds. The molecule has 29 heavy (non-hydrogen) atoms. The molecule has 0 spiro atoms. The molecule has 7 nitrogen and oxygen atoms in total. The lowest BCUT2D eigenvalue weighted by Gasteiger charge is -2.27. The number of hydrogen-bond acceptors (Lipinski definition) is 6. The van der Waals surface area contributed by atoms with Crippen molar-refractivity contribution >= 4 is 17.7 Å². The van der Waals surface area contributed by atoms with Crippen LogP contribution in [-0.2, 0) is 16.1 Å². The number of nitrogens with zero attached hydrogens (tertiary/aromatic N) is 4. The van der Waals surface area contributed by atoms with E-state index in [0.717, 1.165) is 0 Å². The molecular weight excluding hydrogens is 395 g/mol. The summed E-state index contributed by atoms with van der Waals surface area (Å²) < 4.78 is 21.7. The van der Waals surface area contributed by atoms with E-state index in [2.05, 4.69) is 9.97 Å². The van der Waals surface area contributed by atoms with Crippen LogP contribution in [0.1, 0.15) is 18.9 Å². The lowest BCUT2D eigenvalue weighted by atomic mass is 10.0. The zero-order chi connectivity index (χ0) is 20.5. The number of carbonyl (C=O) groups excluding carboxylic acids is 1. The van der Waals surface area contributed by atoms with E-state index in [-0.39, 0.29) is 5.56 Å². The van der Waals surface area contributed by atoms with Gasteiger partial charge in [-0.3, -0.25) is 9.48 Å². The Bertz CT molecular complexity index is 1120. The van der Waals surface area contributed by atoms with E-state index >= 15 is 0 Å². The minimum absolute atomic E-state index is 0.246. The number of halogens is 1. The zero-order valence-electron chi connectivity index (χ0n) is 16.0. The van der Waals surface area contributed by atoms with Gasteiger partial charge in [0.15, 0.2) is 5.16 Å². The van der Waals surface area contributed by atoms with Crippen molar-refractivity contribution in [3.05, 3.63) is 52.7 Å². The molecule has 4 rings (SSSR count). The topological polar surface area (TPSA) is 79.0 Å². The number of ether oxygens (including phenoxy) is 1. The Morgan fingerprint density at radius 2 is 2.03 bits per heavy atom. The van der Waals surface area contributed by atoms with E-state index in [1.165, 1.54) is 31.0 Å². The van der Waals surface area contributed by atoms with Crippen LogP contribution in [0.15, 0.2) is 46.5 Å². The smallest absolute Gasteiger partial charge is 0.330 e. The van der Waals surface area contributed by atoms with Crippen molar-refractivity contribution < 1.29 is 13.9 Å². The van der Waals surface area contributed by atoms with Gasteiger partial charge in [0.05, 0.1) is 24.1 Å². The van der Waals surface area contributed by atoms with Crippen LogP contribution in [0, 0.1) is 5.82 Å². The molecule has 9 heteroatoms. The molecule has 3 heterocycles. The standard InChI is InChI=1S/C20H19FN4O3S/c1-28-19(27)15-4-3-11-24-18(26)16(12-5-7-13(21)8-6-12)17(25(15)24)14-9-10-22-20(23-14)29-2/h5-10,15H,3-4,11H2,1-2H3/t15-/m0/s1. The Kier molecular flexibility index (Phi) is 5.23. The predicted octanol–water partition coefficient (Wildman–Crippen LogP) is 3.14. The molecule has 1 aliphatic heterocycles. The Morgan fingerprint density at radius 1 is 1.28 bits per heavy atom. The maximum Gasteiger partial charge on any atom is 0.330 e. The predicted molar refractivity (Wildman–Crippen MR) is 107 cm³/mol. The highest BCUT2D eigenvalue weighted by molar-refractivity contribution is 7.98. The largest absolute Gasteiger partial charge is 0.467 e. The summed E-state index contributed by atoms with van der Waals surface area (Å²) in [6.07, 6.45) is 4.70. The van der Waals surface area contributed by atoms with Crippen molar-refractivity contribution in [2.45, 2.75) is 30.6 Å². The summed E-state index contributed by atoms with van der Waals surface area (Å²) in [5, 5.41) is 0.547. The van der Waals surface area contributed by atoms with Crippen molar-refractivity contribution in [3.63, 3.8) is 0 Å². The maximum absolute atomic E-state index is 13.5. The highest BCUT2D eigenvalue weighted by atomic mass is 32.2. The van der Waals surface area contributed by atoms with Crippen LogP contribution >= 0.6 is 11.8 Å². The SMILES string of the molecule is COC(=O)[C@@H]1CCCn2c(=O)c(-c3ccc(F)cc3)c(-c3ccnc(SC)n3)n21. The number of aromatic nitrogens is 4. The van der Waals surface area contributed by atoms with Gasteiger partial charge < -0.3 is 4.74 Å². The van der Waals surface area contributed by atoms with E-state index in [0.29, 0.717) is 47.1 Å². The summed E-state index contributed by atoms with van der Waals surface area (Å²) in [6, 6.07) is 6.81. The second kappa shape index (κ2) is 7.82. The molecule has 0 radical (unpaired) electrons. The maximum atomic E-state index is 13.5. The Labute approximate surface area is 170 Å². The molecule has 1 aliphatic rings. The van der Waals surface area contributed by atoms with Crippen LogP contribution in [0.5, 0.6) is 0 Å². The van der Waals surface area contributed by atoms with Gasteiger partial charge >= 0.3 is 5.97 Å². The van der Waals surface area contributed by atoms with Crippen molar-refractivity contribution in [2.75, 3.05) is 13.4 Å². The van der Waals surface area contributed by atoms with Crippen LogP contribution in [0.25, 0.3) is 22.5 Å². The zero-order valence-corrected chi connectivity index (χ0v) is 16.8. The third-order valence-corrected chi connectivity index (χ3v) is 5.54. The molecule has 1 aromatic carbocycles. The second-order valence-electron chi connectivity index (χ2n) is 6.61. The highest BCUT2D eigenvalue weighted by Gasteiger charge is 2.34. The molecule has 150 valence electrons. The van der Waals surface area contributed by atoms with Crippen molar-refractivity contribution in [1.29, 1.82) is 0 Å². The third-order valence-electron chi connectivity index (χ3n) is 4.98. The van der Waals surface area contributed by atoms with E-state index in [1.807, 2.05) is 6.26 Å². The van der Waals surface area contributed by atoms with Crippen LogP contribution in [-0.4, -0.2) is 38.7 Å². The molecule has 0 N–H and O–H groups in total. The number of methoxy groups -OCH3 is 1. The fourth-order valence-corrected chi connectivity index (χ4v) is 4.06. The van der Waals surface area contributed by atoms with Gasteiger partial charge in [-0.1, -0.05) is 23.9 Å². The number of thioether (sulfide) groups is 1. The van der Waals surface area contributed by atoms with Gasteiger partial charge in [-0.25, -0.2) is 23.8 Å². The molecule has 0 unspecified atom stereocenters. The number of carbonyl (C=O) groups is 1. The lowest BCUT2D eigenvalue weighted by Crippen LogP contribution is -2.35. The molecule has 0 bridgehead atoms. The first-order valence-corrected chi connectivity index (χ1v) is 10.3. The average Bonchev–Trinajstić information content (AvgIpc) is 3.06. The van der Waals surface area contributed by atoms with E-state index in [1.54, 1.807) is 33.8 Å². The van der Waals surface area contributed by atoms with E-state index < -0.39 is 17.8 Å². The first kappa shape index (κ1) is 19.4. The molecule has 0 saturated carbocycles. The second-order valence-corrected chi connectivity index (χ2v) is 7.39. The monoisotopic (exact) mass is 414 g/mol. The number of esters is 1. The fraction of sp³-hybridized carbons (Fsp3) is 0.300. The van der Waals surface area contributed by atoms with Crippen molar-refractivity contribution in [2.24, 2.45) is 0 Å². The van der Waals surface area contributed by atoms with Gasteiger partial charge in [0.2, 0.25) is 0 Å².